The molecule has 0 heterocycles. The van der Waals surface area contributed by atoms with Crippen LogP contribution < -0.4 is 0 Å². The van der Waals surface area contributed by atoms with Gasteiger partial charge in [0.1, 0.15) is 0 Å². The van der Waals surface area contributed by atoms with E-state index in [0.717, 1.165) is 0 Å². The third-order valence-corrected chi connectivity index (χ3v) is 6.10. The first-order chi connectivity index (χ1) is 13.8. The Hall–Kier alpha value is -3.16. The predicted octanol–water partition coefficient (Wildman–Crippen LogP) is 3.66. The predicted molar refractivity (Wildman–Crippen MR) is 109 cm³/mol. The maximum Gasteiger partial charge on any atom is 0.330 e. The highest BCUT2D eigenvalue weighted by atomic mass is 16.4. The second-order valence-corrected chi connectivity index (χ2v) is 8.11. The first kappa shape index (κ1) is 24.9. The molecule has 8 nitrogen and oxygen atoms in total. The molecular formula is C22H28O8. The third kappa shape index (κ3) is 5.46. The molecule has 1 rings (SSSR count). The normalized spacial score (nSPS) is 16.8. The average Bonchev–Trinajstić information content (AvgIpc) is 2.63. The van der Waals surface area contributed by atoms with E-state index in [4.69, 9.17) is 0 Å². The molecule has 0 aromatic heterocycles. The molecule has 0 bridgehead atoms. The van der Waals surface area contributed by atoms with Crippen molar-refractivity contribution in [1.82, 2.24) is 0 Å². The number of rotatable bonds is 12. The van der Waals surface area contributed by atoms with Crippen molar-refractivity contribution in [3.63, 3.8) is 0 Å². The smallest absolute Gasteiger partial charge is 0.330 e. The lowest BCUT2D eigenvalue weighted by Gasteiger charge is -2.55. The highest BCUT2D eigenvalue weighted by Crippen LogP contribution is 2.62. The van der Waals surface area contributed by atoms with E-state index in [2.05, 4.69) is 26.3 Å². The molecule has 4 N–H and O–H groups in total. The summed E-state index contributed by atoms with van der Waals surface area (Å²) in [5.41, 5.74) is -2.81. The summed E-state index contributed by atoms with van der Waals surface area (Å²) in [6.07, 6.45) is 1.49. The molecule has 0 saturated heterocycles. The minimum absolute atomic E-state index is 0.131. The number of hydrogen-bond donors (Lipinski definition) is 4. The highest BCUT2D eigenvalue weighted by molar-refractivity contribution is 5.88. The number of carboxylic acids is 4. The van der Waals surface area contributed by atoms with E-state index >= 15 is 0 Å². The molecule has 0 aromatic rings. The van der Waals surface area contributed by atoms with Gasteiger partial charge in [-0.15, -0.1) is 0 Å². The van der Waals surface area contributed by atoms with Crippen molar-refractivity contribution in [3.8, 4) is 0 Å². The molecule has 0 atom stereocenters. The lowest BCUT2D eigenvalue weighted by Crippen LogP contribution is -2.47. The van der Waals surface area contributed by atoms with Gasteiger partial charge < -0.3 is 20.4 Å². The van der Waals surface area contributed by atoms with Crippen LogP contribution >= 0.6 is 0 Å². The number of aliphatic carboxylic acids is 4. The Bertz CT molecular complexity index is 693. The summed E-state index contributed by atoms with van der Waals surface area (Å²) in [6, 6.07) is 0. The molecule has 0 amide bonds. The number of carboxylic acid groups (broad SMARTS) is 4. The average molecular weight is 420 g/mol. The quantitative estimate of drug-likeness (QED) is 0.349. The second kappa shape index (κ2) is 9.56. The Morgan fingerprint density at radius 2 is 0.733 bits per heavy atom. The first-order valence-corrected chi connectivity index (χ1v) is 9.41. The van der Waals surface area contributed by atoms with E-state index in [1.807, 2.05) is 0 Å². The molecule has 1 aliphatic rings. The van der Waals surface area contributed by atoms with Gasteiger partial charge in [0.2, 0.25) is 0 Å². The van der Waals surface area contributed by atoms with E-state index in [1.54, 1.807) is 0 Å². The van der Waals surface area contributed by atoms with Gasteiger partial charge >= 0.3 is 23.9 Å². The van der Waals surface area contributed by atoms with Crippen molar-refractivity contribution >= 4 is 23.9 Å². The van der Waals surface area contributed by atoms with Gasteiger partial charge in [0.15, 0.2) is 0 Å². The fourth-order valence-corrected chi connectivity index (χ4v) is 4.62. The summed E-state index contributed by atoms with van der Waals surface area (Å²) in [5.74, 6) is -5.04. The van der Waals surface area contributed by atoms with Gasteiger partial charge in [0.25, 0.3) is 0 Å². The van der Waals surface area contributed by atoms with E-state index in [9.17, 15) is 39.6 Å². The van der Waals surface area contributed by atoms with Crippen LogP contribution in [-0.4, -0.2) is 44.3 Å². The third-order valence-electron chi connectivity index (χ3n) is 6.10. The Labute approximate surface area is 174 Å². The summed E-state index contributed by atoms with van der Waals surface area (Å²) in [6.45, 7) is 14.3. The molecular weight excluding hydrogens is 392 g/mol. The van der Waals surface area contributed by atoms with Crippen molar-refractivity contribution < 1.29 is 39.6 Å². The van der Waals surface area contributed by atoms with Gasteiger partial charge in [-0.05, 0) is 49.4 Å². The van der Waals surface area contributed by atoms with Crippen LogP contribution in [0.5, 0.6) is 0 Å². The summed E-state index contributed by atoms with van der Waals surface area (Å²) < 4.78 is 0. The second-order valence-electron chi connectivity index (χ2n) is 8.11. The van der Waals surface area contributed by atoms with Crippen molar-refractivity contribution in [2.24, 2.45) is 10.8 Å². The van der Waals surface area contributed by atoms with Crippen LogP contribution in [0.3, 0.4) is 0 Å². The van der Waals surface area contributed by atoms with E-state index in [1.165, 1.54) is 0 Å². The van der Waals surface area contributed by atoms with Crippen molar-refractivity contribution in [3.05, 3.63) is 48.6 Å². The Kier molecular flexibility index (Phi) is 7.93. The van der Waals surface area contributed by atoms with Crippen LogP contribution in [0.1, 0.15) is 51.4 Å². The van der Waals surface area contributed by atoms with Crippen molar-refractivity contribution in [2.75, 3.05) is 0 Å². The number of carbonyl (C=O) groups is 4. The molecule has 0 spiro atoms. The lowest BCUT2D eigenvalue weighted by molar-refractivity contribution is -0.137. The summed E-state index contributed by atoms with van der Waals surface area (Å²) in [5, 5.41) is 37.7. The fourth-order valence-electron chi connectivity index (χ4n) is 4.62. The minimum Gasteiger partial charge on any atom is -0.478 e. The molecule has 0 aromatic carbocycles. The minimum atomic E-state index is -1.26. The summed E-state index contributed by atoms with van der Waals surface area (Å²) in [7, 11) is 0. The molecule has 1 saturated carbocycles. The van der Waals surface area contributed by atoms with Crippen LogP contribution in [0.2, 0.25) is 0 Å². The molecule has 0 aliphatic heterocycles. The van der Waals surface area contributed by atoms with Crippen molar-refractivity contribution in [2.45, 2.75) is 51.4 Å². The maximum atomic E-state index is 11.5. The Morgan fingerprint density at radius 3 is 0.900 bits per heavy atom. The standard InChI is InChI=1S/C22H28O8/c1-13(17(23)24)9-21(10-14(2)18(25)26)7-5-6-8-22(21,11-15(3)19(27)28)12-16(4)20(29)30/h1-12H2,(H,23,24)(H,25,26)(H,27,28)(H,29,30). The molecule has 8 heteroatoms. The van der Waals surface area contributed by atoms with Gasteiger partial charge in [-0.2, -0.15) is 0 Å². The van der Waals surface area contributed by atoms with Gasteiger partial charge in [0.05, 0.1) is 0 Å². The van der Waals surface area contributed by atoms with E-state index < -0.39 is 34.7 Å². The van der Waals surface area contributed by atoms with Crippen LogP contribution in [0.25, 0.3) is 0 Å². The molecule has 1 fully saturated rings. The van der Waals surface area contributed by atoms with Crippen LogP contribution in [0, 0.1) is 10.8 Å². The molecule has 1 aliphatic carbocycles. The largest absolute Gasteiger partial charge is 0.478 e. The molecule has 0 unspecified atom stereocenters. The topological polar surface area (TPSA) is 149 Å². The Morgan fingerprint density at radius 1 is 0.533 bits per heavy atom. The zero-order chi connectivity index (χ0) is 23.3. The first-order valence-electron chi connectivity index (χ1n) is 9.41. The van der Waals surface area contributed by atoms with Gasteiger partial charge in [-0.3, -0.25) is 0 Å². The van der Waals surface area contributed by atoms with Crippen LogP contribution in [0.15, 0.2) is 48.6 Å². The molecule has 30 heavy (non-hydrogen) atoms. The van der Waals surface area contributed by atoms with Crippen LogP contribution in [-0.2, 0) is 19.2 Å². The zero-order valence-corrected chi connectivity index (χ0v) is 16.9. The molecule has 0 radical (unpaired) electrons. The zero-order valence-electron chi connectivity index (χ0n) is 16.9. The Balaban J connectivity index is 3.70. The SMILES string of the molecule is C=C(CC1(CC(=C)C(=O)O)CCCCC1(CC(=C)C(=O)O)CC(=C)C(=O)O)C(=O)O. The van der Waals surface area contributed by atoms with E-state index in [0.29, 0.717) is 25.7 Å². The van der Waals surface area contributed by atoms with Crippen LogP contribution in [0.4, 0.5) is 0 Å². The van der Waals surface area contributed by atoms with Gasteiger partial charge in [-0.25, -0.2) is 19.2 Å². The molecule has 164 valence electrons. The van der Waals surface area contributed by atoms with Gasteiger partial charge in [-0.1, -0.05) is 39.2 Å². The summed E-state index contributed by atoms with van der Waals surface area (Å²) in [4.78, 5) is 46.2. The summed E-state index contributed by atoms with van der Waals surface area (Å²) >= 11 is 0. The monoisotopic (exact) mass is 420 g/mol. The number of hydrogen-bond acceptors (Lipinski definition) is 4. The van der Waals surface area contributed by atoms with Gasteiger partial charge in [0, 0.05) is 22.3 Å². The lowest BCUT2D eigenvalue weighted by atomic mass is 9.48. The van der Waals surface area contributed by atoms with E-state index in [-0.39, 0.29) is 48.0 Å². The maximum absolute atomic E-state index is 11.5. The highest BCUT2D eigenvalue weighted by Gasteiger charge is 2.54. The fraction of sp³-hybridized carbons (Fsp3) is 0.455. The van der Waals surface area contributed by atoms with Crippen molar-refractivity contribution in [1.29, 1.82) is 0 Å².